The third kappa shape index (κ3) is 3.88. The molecule has 8 heteroatoms. The summed E-state index contributed by atoms with van der Waals surface area (Å²) in [6.45, 7) is 5.27. The first-order valence-corrected chi connectivity index (χ1v) is 6.28. The van der Waals surface area contributed by atoms with Crippen molar-refractivity contribution < 1.29 is 26.3 Å². The minimum atomic E-state index is -4.90. The van der Waals surface area contributed by atoms with Gasteiger partial charge in [0.25, 0.3) is 0 Å². The zero-order chi connectivity index (χ0) is 17.4. The third-order valence-corrected chi connectivity index (χ3v) is 2.99. The molecule has 1 aromatic heterocycles. The Morgan fingerprint density at radius 2 is 1.39 bits per heavy atom. The lowest BCUT2D eigenvalue weighted by atomic mass is 10.0. The quantitative estimate of drug-likeness (QED) is 0.705. The molecule has 23 heavy (non-hydrogen) atoms. The first kappa shape index (κ1) is 17.0. The van der Waals surface area contributed by atoms with Crippen molar-refractivity contribution in [3.8, 4) is 11.3 Å². The maximum absolute atomic E-state index is 12.8. The highest BCUT2D eigenvalue weighted by atomic mass is 19.4. The first-order valence-electron chi connectivity index (χ1n) is 6.28. The summed E-state index contributed by atoms with van der Waals surface area (Å²) in [6.07, 6.45) is -9.80. The molecule has 1 aromatic carbocycles. The lowest BCUT2D eigenvalue weighted by Gasteiger charge is -2.14. The van der Waals surface area contributed by atoms with Gasteiger partial charge in [-0.25, -0.2) is 0 Å². The van der Waals surface area contributed by atoms with E-state index in [-0.39, 0.29) is 17.3 Å². The van der Waals surface area contributed by atoms with E-state index in [0.717, 1.165) is 0 Å². The number of allylic oxidation sites excluding steroid dienone is 1. The first-order chi connectivity index (χ1) is 10.5. The van der Waals surface area contributed by atoms with E-state index < -0.39 is 23.5 Å². The van der Waals surface area contributed by atoms with Crippen LogP contribution in [0.25, 0.3) is 16.8 Å². The molecule has 0 aliphatic carbocycles. The van der Waals surface area contributed by atoms with Crippen molar-refractivity contribution in [3.63, 3.8) is 0 Å². The standard InChI is InChI=1S/C15H10F6N2/c1-8(2)12-3-4-13(23-22-12)9-5-10(14(16,17)18)7-11(6-9)15(19,20)21/h3-7H,1H2,2H3. The van der Waals surface area contributed by atoms with Gasteiger partial charge in [-0.05, 0) is 42.8 Å². The molecule has 1 heterocycles. The smallest absolute Gasteiger partial charge is 0.166 e. The molecule has 2 aromatic rings. The van der Waals surface area contributed by atoms with Crippen LogP contribution in [0.5, 0.6) is 0 Å². The van der Waals surface area contributed by atoms with Crippen LogP contribution in [-0.2, 0) is 12.4 Å². The van der Waals surface area contributed by atoms with Gasteiger partial charge in [0.2, 0.25) is 0 Å². The van der Waals surface area contributed by atoms with Crippen LogP contribution in [0.15, 0.2) is 36.9 Å². The number of alkyl halides is 6. The second-order valence-corrected chi connectivity index (χ2v) is 4.88. The fourth-order valence-corrected chi connectivity index (χ4v) is 1.82. The second kappa shape index (κ2) is 5.68. The molecule has 0 bridgehead atoms. The van der Waals surface area contributed by atoms with Crippen molar-refractivity contribution >= 4 is 5.57 Å². The zero-order valence-electron chi connectivity index (χ0n) is 11.8. The average Bonchev–Trinajstić information content (AvgIpc) is 2.45. The number of halogens is 6. The molecule has 0 spiro atoms. The summed E-state index contributed by atoms with van der Waals surface area (Å²) in [5.41, 5.74) is -2.22. The molecule has 0 N–H and O–H groups in total. The molecule has 2 rings (SSSR count). The average molecular weight is 332 g/mol. The molecule has 0 aliphatic rings. The zero-order valence-corrected chi connectivity index (χ0v) is 11.8. The Balaban J connectivity index is 2.59. The topological polar surface area (TPSA) is 25.8 Å². The van der Waals surface area contributed by atoms with Crippen LogP contribution in [0, 0.1) is 0 Å². The second-order valence-electron chi connectivity index (χ2n) is 4.88. The number of hydrogen-bond acceptors (Lipinski definition) is 2. The van der Waals surface area contributed by atoms with Crippen LogP contribution in [0.2, 0.25) is 0 Å². The molecule has 122 valence electrons. The van der Waals surface area contributed by atoms with E-state index in [2.05, 4.69) is 16.8 Å². The molecule has 0 saturated carbocycles. The SMILES string of the molecule is C=C(C)c1ccc(-c2cc(C(F)(F)F)cc(C(F)(F)F)c2)nn1. The van der Waals surface area contributed by atoms with Crippen LogP contribution >= 0.6 is 0 Å². The van der Waals surface area contributed by atoms with Gasteiger partial charge < -0.3 is 0 Å². The van der Waals surface area contributed by atoms with Crippen molar-refractivity contribution in [3.05, 3.63) is 53.7 Å². The summed E-state index contributed by atoms with van der Waals surface area (Å²) < 4.78 is 76.8. The summed E-state index contributed by atoms with van der Waals surface area (Å²) in [6, 6.07) is 4.02. The highest BCUT2D eigenvalue weighted by Gasteiger charge is 2.37. The van der Waals surface area contributed by atoms with Crippen molar-refractivity contribution in [2.75, 3.05) is 0 Å². The summed E-state index contributed by atoms with van der Waals surface area (Å²) in [5, 5.41) is 7.40. The Hall–Kier alpha value is -2.38. The number of hydrogen-bond donors (Lipinski definition) is 0. The largest absolute Gasteiger partial charge is 0.416 e. The van der Waals surface area contributed by atoms with E-state index >= 15 is 0 Å². The maximum Gasteiger partial charge on any atom is 0.416 e. The van der Waals surface area contributed by atoms with Gasteiger partial charge in [0.05, 0.1) is 22.5 Å². The van der Waals surface area contributed by atoms with Crippen molar-refractivity contribution in [1.29, 1.82) is 0 Å². The van der Waals surface area contributed by atoms with Crippen LogP contribution in [0.4, 0.5) is 26.3 Å². The number of benzene rings is 1. The molecule has 0 atom stereocenters. The van der Waals surface area contributed by atoms with E-state index in [1.165, 1.54) is 12.1 Å². The van der Waals surface area contributed by atoms with Crippen molar-refractivity contribution in [1.82, 2.24) is 10.2 Å². The van der Waals surface area contributed by atoms with E-state index in [0.29, 0.717) is 23.4 Å². The summed E-state index contributed by atoms with van der Waals surface area (Å²) in [7, 11) is 0. The van der Waals surface area contributed by atoms with Gasteiger partial charge in [-0.2, -0.15) is 31.4 Å². The highest BCUT2D eigenvalue weighted by Crippen LogP contribution is 2.38. The maximum atomic E-state index is 12.8. The Labute approximate surface area is 127 Å². The fourth-order valence-electron chi connectivity index (χ4n) is 1.82. The van der Waals surface area contributed by atoms with Gasteiger partial charge in [0.1, 0.15) is 0 Å². The van der Waals surface area contributed by atoms with Crippen molar-refractivity contribution in [2.45, 2.75) is 19.3 Å². The number of rotatable bonds is 2. The molecule has 0 aliphatic heterocycles. The summed E-state index contributed by atoms with van der Waals surface area (Å²) in [4.78, 5) is 0. The lowest BCUT2D eigenvalue weighted by Crippen LogP contribution is -2.11. The number of aromatic nitrogens is 2. The molecular formula is C15H10F6N2. The van der Waals surface area contributed by atoms with E-state index in [9.17, 15) is 26.3 Å². The van der Waals surface area contributed by atoms with Gasteiger partial charge in [-0.3, -0.25) is 0 Å². The molecule has 0 amide bonds. The summed E-state index contributed by atoms with van der Waals surface area (Å²) in [5.74, 6) is 0. The van der Waals surface area contributed by atoms with Crippen LogP contribution in [-0.4, -0.2) is 10.2 Å². The molecule has 0 saturated heterocycles. The van der Waals surface area contributed by atoms with Crippen LogP contribution in [0.3, 0.4) is 0 Å². The highest BCUT2D eigenvalue weighted by molar-refractivity contribution is 5.64. The Morgan fingerprint density at radius 1 is 0.870 bits per heavy atom. The minimum Gasteiger partial charge on any atom is -0.166 e. The lowest BCUT2D eigenvalue weighted by molar-refractivity contribution is -0.143. The number of nitrogens with zero attached hydrogens (tertiary/aromatic N) is 2. The Morgan fingerprint density at radius 3 is 1.74 bits per heavy atom. The Bertz CT molecular complexity index is 697. The monoisotopic (exact) mass is 332 g/mol. The van der Waals surface area contributed by atoms with E-state index in [1.54, 1.807) is 6.92 Å². The van der Waals surface area contributed by atoms with Crippen molar-refractivity contribution in [2.24, 2.45) is 0 Å². The van der Waals surface area contributed by atoms with Crippen LogP contribution < -0.4 is 0 Å². The van der Waals surface area contributed by atoms with Gasteiger partial charge in [0, 0.05) is 5.56 Å². The molecule has 2 nitrogen and oxygen atoms in total. The van der Waals surface area contributed by atoms with Gasteiger partial charge in [-0.15, -0.1) is 5.10 Å². The van der Waals surface area contributed by atoms with E-state index in [1.807, 2.05) is 0 Å². The Kier molecular flexibility index (Phi) is 4.19. The van der Waals surface area contributed by atoms with Gasteiger partial charge >= 0.3 is 12.4 Å². The van der Waals surface area contributed by atoms with Gasteiger partial charge in [0.15, 0.2) is 0 Å². The summed E-state index contributed by atoms with van der Waals surface area (Å²) >= 11 is 0. The predicted octanol–water partition coefficient (Wildman–Crippen LogP) is 5.21. The normalized spacial score (nSPS) is 12.3. The minimum absolute atomic E-state index is 0.0686. The molecule has 0 fully saturated rings. The molecular weight excluding hydrogens is 322 g/mol. The van der Waals surface area contributed by atoms with E-state index in [4.69, 9.17) is 0 Å². The van der Waals surface area contributed by atoms with Crippen LogP contribution in [0.1, 0.15) is 23.7 Å². The third-order valence-electron chi connectivity index (χ3n) is 2.99. The predicted molar refractivity (Wildman–Crippen MR) is 72.2 cm³/mol. The van der Waals surface area contributed by atoms with Gasteiger partial charge in [-0.1, -0.05) is 6.58 Å². The fraction of sp³-hybridized carbons (Fsp3) is 0.200. The molecule has 0 unspecified atom stereocenters. The molecule has 0 radical (unpaired) electrons.